The number of halogens is 4. The summed E-state index contributed by atoms with van der Waals surface area (Å²) < 4.78 is 0. The van der Waals surface area contributed by atoms with Crippen molar-refractivity contribution in [3.05, 3.63) is 104 Å². The molecule has 0 aliphatic heterocycles. The van der Waals surface area contributed by atoms with Crippen LogP contribution in [-0.2, 0) is 29.0 Å². The summed E-state index contributed by atoms with van der Waals surface area (Å²) in [4.78, 5) is 28.7. The highest BCUT2D eigenvalue weighted by molar-refractivity contribution is 6.42. The zero-order chi connectivity index (χ0) is 25.5. The topological polar surface area (TPSA) is 49.4 Å². The average molecular weight is 552 g/mol. The number of hydrogen-bond acceptors (Lipinski definition) is 2. The van der Waals surface area contributed by atoms with Gasteiger partial charge in [-0.05, 0) is 54.8 Å². The Kier molecular flexibility index (Phi) is 9.88. The highest BCUT2D eigenvalue weighted by Gasteiger charge is 2.31. The van der Waals surface area contributed by atoms with Gasteiger partial charge in [0.15, 0.2) is 0 Å². The van der Waals surface area contributed by atoms with Crippen LogP contribution in [0.25, 0.3) is 0 Å². The van der Waals surface area contributed by atoms with Gasteiger partial charge in [-0.15, -0.1) is 0 Å². The van der Waals surface area contributed by atoms with Gasteiger partial charge >= 0.3 is 0 Å². The average Bonchev–Trinajstić information content (AvgIpc) is 2.81. The molecule has 0 spiro atoms. The molecule has 0 aliphatic carbocycles. The van der Waals surface area contributed by atoms with E-state index in [1.807, 2.05) is 44.2 Å². The molecule has 8 heteroatoms. The van der Waals surface area contributed by atoms with E-state index >= 15 is 0 Å². The summed E-state index contributed by atoms with van der Waals surface area (Å²) in [5.74, 6) is -0.534. The molecule has 1 N–H and O–H groups in total. The van der Waals surface area contributed by atoms with Crippen LogP contribution in [0.1, 0.15) is 30.5 Å². The van der Waals surface area contributed by atoms with Gasteiger partial charge in [0.25, 0.3) is 0 Å². The summed E-state index contributed by atoms with van der Waals surface area (Å²) in [5, 5.41) is 4.53. The van der Waals surface area contributed by atoms with Crippen molar-refractivity contribution in [2.45, 2.75) is 45.3 Å². The molecule has 4 nitrogen and oxygen atoms in total. The summed E-state index contributed by atoms with van der Waals surface area (Å²) in [6.45, 7) is 3.92. The largest absolute Gasteiger partial charge is 0.352 e. The Labute approximate surface area is 226 Å². The molecule has 0 aliphatic rings. The van der Waals surface area contributed by atoms with Gasteiger partial charge in [-0.2, -0.15) is 0 Å². The predicted molar refractivity (Wildman–Crippen MR) is 144 cm³/mol. The van der Waals surface area contributed by atoms with Crippen LogP contribution in [0.5, 0.6) is 0 Å². The van der Waals surface area contributed by atoms with Crippen LogP contribution in [0.4, 0.5) is 0 Å². The van der Waals surface area contributed by atoms with Crippen molar-refractivity contribution in [2.24, 2.45) is 0 Å². The van der Waals surface area contributed by atoms with E-state index in [4.69, 9.17) is 46.4 Å². The van der Waals surface area contributed by atoms with Gasteiger partial charge in [0, 0.05) is 29.1 Å². The maximum Gasteiger partial charge on any atom is 0.243 e. The van der Waals surface area contributed by atoms with E-state index in [1.54, 1.807) is 41.3 Å². The van der Waals surface area contributed by atoms with Crippen molar-refractivity contribution in [3.8, 4) is 0 Å². The van der Waals surface area contributed by atoms with Crippen LogP contribution < -0.4 is 5.32 Å². The van der Waals surface area contributed by atoms with Crippen LogP contribution in [-0.4, -0.2) is 28.8 Å². The minimum atomic E-state index is -0.775. The number of hydrogen-bond donors (Lipinski definition) is 1. The second kappa shape index (κ2) is 12.6. The lowest BCUT2D eigenvalue weighted by molar-refractivity contribution is -0.141. The highest BCUT2D eigenvalue weighted by atomic mass is 35.5. The third-order valence-corrected chi connectivity index (χ3v) is 6.88. The Bertz CT molecular complexity index is 1160. The van der Waals surface area contributed by atoms with Crippen LogP contribution >= 0.6 is 46.4 Å². The van der Waals surface area contributed by atoms with Crippen LogP contribution in [0.2, 0.25) is 20.1 Å². The van der Waals surface area contributed by atoms with Crippen molar-refractivity contribution in [2.75, 3.05) is 0 Å². The maximum absolute atomic E-state index is 13.8. The van der Waals surface area contributed by atoms with Gasteiger partial charge in [-0.3, -0.25) is 9.59 Å². The first-order valence-electron chi connectivity index (χ1n) is 11.2. The van der Waals surface area contributed by atoms with E-state index in [2.05, 4.69) is 5.32 Å². The molecule has 0 bridgehead atoms. The second-order valence-corrected chi connectivity index (χ2v) is 10.1. The molecule has 3 rings (SSSR count). The fourth-order valence-corrected chi connectivity index (χ4v) is 4.58. The Balaban J connectivity index is 2.03. The number of carbonyl (C=O) groups excluding carboxylic acids is 2. The molecule has 0 saturated heterocycles. The Morgan fingerprint density at radius 1 is 0.800 bits per heavy atom. The second-order valence-electron chi connectivity index (χ2n) is 8.52. The lowest BCUT2D eigenvalue weighted by Gasteiger charge is -2.32. The lowest BCUT2D eigenvalue weighted by Crippen LogP contribution is -2.52. The molecule has 0 fully saturated rings. The van der Waals surface area contributed by atoms with Gasteiger partial charge in [-0.25, -0.2) is 0 Å². The first-order valence-corrected chi connectivity index (χ1v) is 12.7. The van der Waals surface area contributed by atoms with Crippen LogP contribution in [0, 0.1) is 0 Å². The van der Waals surface area contributed by atoms with E-state index in [-0.39, 0.29) is 30.8 Å². The molecule has 3 aromatic rings. The third-order valence-electron chi connectivity index (χ3n) is 5.43. The molecule has 0 aromatic heterocycles. The number of benzene rings is 3. The lowest BCUT2D eigenvalue weighted by atomic mass is 10.0. The molecule has 2 amide bonds. The molecule has 0 saturated carbocycles. The predicted octanol–water partition coefficient (Wildman–Crippen LogP) is 7.01. The summed E-state index contributed by atoms with van der Waals surface area (Å²) in [7, 11) is 0. The summed E-state index contributed by atoms with van der Waals surface area (Å²) in [6, 6.07) is 19.0. The van der Waals surface area contributed by atoms with Crippen molar-refractivity contribution in [1.29, 1.82) is 0 Å². The summed E-state index contributed by atoms with van der Waals surface area (Å²) >= 11 is 25.0. The highest BCUT2D eigenvalue weighted by Crippen LogP contribution is 2.28. The smallest absolute Gasteiger partial charge is 0.243 e. The molecule has 35 heavy (non-hydrogen) atoms. The molecular weight excluding hydrogens is 526 g/mol. The molecule has 0 radical (unpaired) electrons. The number of amides is 2. The molecule has 184 valence electrons. The number of carbonyl (C=O) groups is 2. The van der Waals surface area contributed by atoms with E-state index < -0.39 is 6.04 Å². The molecular formula is C27H26Cl4N2O2. The van der Waals surface area contributed by atoms with Gasteiger partial charge in [0.2, 0.25) is 11.8 Å². The Morgan fingerprint density at radius 3 is 2.06 bits per heavy atom. The van der Waals surface area contributed by atoms with Gasteiger partial charge in [0.1, 0.15) is 6.04 Å². The Hall–Kier alpha value is -2.24. The quantitative estimate of drug-likeness (QED) is 0.311. The van der Waals surface area contributed by atoms with E-state index in [9.17, 15) is 9.59 Å². The standard InChI is InChI=1S/C27H26Cl4N2O2/c1-17(2)32-27(35)25(14-18-7-4-3-5-8-18)33(16-19-11-12-23(30)24(31)13-19)26(34)15-20-21(28)9-6-10-22(20)29/h3-13,17,25H,14-16H2,1-2H3,(H,32,35)/t25-/m0/s1. The first kappa shape index (κ1) is 27.3. The zero-order valence-electron chi connectivity index (χ0n) is 19.4. The van der Waals surface area contributed by atoms with Gasteiger partial charge in [0.05, 0.1) is 16.5 Å². The van der Waals surface area contributed by atoms with Crippen molar-refractivity contribution in [1.82, 2.24) is 10.2 Å². The minimum absolute atomic E-state index is 0.0555. The maximum atomic E-state index is 13.8. The Morgan fingerprint density at radius 2 is 1.46 bits per heavy atom. The normalized spacial score (nSPS) is 11.9. The molecule has 1 atom stereocenters. The fourth-order valence-electron chi connectivity index (χ4n) is 3.72. The minimum Gasteiger partial charge on any atom is -0.352 e. The van der Waals surface area contributed by atoms with Crippen LogP contribution in [0.15, 0.2) is 66.7 Å². The molecule has 0 heterocycles. The zero-order valence-corrected chi connectivity index (χ0v) is 22.4. The molecule has 3 aromatic carbocycles. The number of nitrogens with one attached hydrogen (secondary N) is 1. The third kappa shape index (κ3) is 7.62. The SMILES string of the molecule is CC(C)NC(=O)[C@H](Cc1ccccc1)N(Cc1ccc(Cl)c(Cl)c1)C(=O)Cc1c(Cl)cccc1Cl. The van der Waals surface area contributed by atoms with Crippen molar-refractivity contribution in [3.63, 3.8) is 0 Å². The molecule has 0 unspecified atom stereocenters. The van der Waals surface area contributed by atoms with E-state index in [0.717, 1.165) is 11.1 Å². The van der Waals surface area contributed by atoms with Gasteiger partial charge < -0.3 is 10.2 Å². The first-order chi connectivity index (χ1) is 16.7. The number of nitrogens with zero attached hydrogens (tertiary/aromatic N) is 1. The van der Waals surface area contributed by atoms with Gasteiger partial charge in [-0.1, -0.05) is 88.9 Å². The van der Waals surface area contributed by atoms with Crippen LogP contribution in [0.3, 0.4) is 0 Å². The summed E-state index contributed by atoms with van der Waals surface area (Å²) in [5.41, 5.74) is 2.19. The van der Waals surface area contributed by atoms with E-state index in [1.165, 1.54) is 0 Å². The fraction of sp³-hybridized carbons (Fsp3) is 0.259. The number of rotatable bonds is 9. The van der Waals surface area contributed by atoms with E-state index in [0.29, 0.717) is 32.1 Å². The summed E-state index contributed by atoms with van der Waals surface area (Å²) in [6.07, 6.45) is 0.281. The monoisotopic (exact) mass is 550 g/mol. The van der Waals surface area contributed by atoms with Crippen molar-refractivity contribution >= 4 is 58.2 Å². The van der Waals surface area contributed by atoms with Crippen molar-refractivity contribution < 1.29 is 9.59 Å².